The van der Waals surface area contributed by atoms with Crippen molar-refractivity contribution < 1.29 is 0 Å². The maximum Gasteiger partial charge on any atom is 0.0683 e. The van der Waals surface area contributed by atoms with Crippen LogP contribution in [0.1, 0.15) is 30.8 Å². The summed E-state index contributed by atoms with van der Waals surface area (Å²) in [4.78, 5) is 0. The lowest BCUT2D eigenvalue weighted by Gasteiger charge is -2.09. The normalized spacial score (nSPS) is 10.8. The molecule has 1 heterocycles. The second-order valence-corrected chi connectivity index (χ2v) is 4.77. The summed E-state index contributed by atoms with van der Waals surface area (Å²) in [5.41, 5.74) is 10.1. The number of rotatable bonds is 4. The average Bonchev–Trinajstić information content (AvgIpc) is 2.76. The molecule has 0 amide bonds. The van der Waals surface area contributed by atoms with Crippen LogP contribution < -0.4 is 5.73 Å². The summed E-state index contributed by atoms with van der Waals surface area (Å²) < 4.78 is 2.01. The van der Waals surface area contributed by atoms with Crippen molar-refractivity contribution in [3.63, 3.8) is 0 Å². The van der Waals surface area contributed by atoms with E-state index in [4.69, 9.17) is 17.3 Å². The molecule has 2 N–H and O–H groups in total. The van der Waals surface area contributed by atoms with Crippen molar-refractivity contribution in [1.82, 2.24) is 9.78 Å². The summed E-state index contributed by atoms with van der Waals surface area (Å²) in [5.74, 6) is 0. The molecule has 0 bridgehead atoms. The smallest absolute Gasteiger partial charge is 0.0683 e. The van der Waals surface area contributed by atoms with Crippen molar-refractivity contribution >= 4 is 17.3 Å². The monoisotopic (exact) mass is 263 g/mol. The summed E-state index contributed by atoms with van der Waals surface area (Å²) >= 11 is 6.00. The molecular formula is C14H18ClN3. The first kappa shape index (κ1) is 13.0. The highest BCUT2D eigenvalue weighted by atomic mass is 35.5. The Morgan fingerprint density at radius 3 is 2.67 bits per heavy atom. The minimum atomic E-state index is 0.676. The standard InChI is InChI=1S/C14H18ClN3/c1-3-12-8-13(4-2)18(17-12)9-10-7-11(15)5-6-14(10)16/h5-8H,3-4,9,16H2,1-2H3. The quantitative estimate of drug-likeness (QED) is 0.861. The molecule has 0 unspecified atom stereocenters. The Hall–Kier alpha value is -1.48. The molecule has 1 aromatic carbocycles. The molecule has 2 aromatic rings. The van der Waals surface area contributed by atoms with Gasteiger partial charge in [-0.3, -0.25) is 4.68 Å². The molecule has 1 aromatic heterocycles. The van der Waals surface area contributed by atoms with Crippen LogP contribution in [0.4, 0.5) is 5.69 Å². The fraction of sp³-hybridized carbons (Fsp3) is 0.357. The van der Waals surface area contributed by atoms with Crippen LogP contribution in [0.25, 0.3) is 0 Å². The lowest BCUT2D eigenvalue weighted by Crippen LogP contribution is -2.08. The second-order valence-electron chi connectivity index (χ2n) is 4.33. The van der Waals surface area contributed by atoms with E-state index in [9.17, 15) is 0 Å². The SMILES string of the molecule is CCc1cc(CC)n(Cc2cc(Cl)ccc2N)n1. The van der Waals surface area contributed by atoms with Crippen molar-refractivity contribution in [1.29, 1.82) is 0 Å². The average molecular weight is 264 g/mol. The third kappa shape index (κ3) is 2.67. The zero-order valence-electron chi connectivity index (χ0n) is 10.8. The summed E-state index contributed by atoms with van der Waals surface area (Å²) in [7, 11) is 0. The van der Waals surface area contributed by atoms with Crippen molar-refractivity contribution in [2.75, 3.05) is 5.73 Å². The summed E-state index contributed by atoms with van der Waals surface area (Å²) in [6.07, 6.45) is 1.92. The van der Waals surface area contributed by atoms with E-state index < -0.39 is 0 Å². The minimum Gasteiger partial charge on any atom is -0.398 e. The fourth-order valence-corrected chi connectivity index (χ4v) is 2.18. The van der Waals surface area contributed by atoms with Gasteiger partial charge in [-0.05, 0) is 42.7 Å². The van der Waals surface area contributed by atoms with Crippen LogP contribution in [0, 0.1) is 0 Å². The van der Waals surface area contributed by atoms with Crippen LogP contribution in [-0.2, 0) is 19.4 Å². The largest absolute Gasteiger partial charge is 0.398 e. The van der Waals surface area contributed by atoms with E-state index in [0.717, 1.165) is 29.8 Å². The minimum absolute atomic E-state index is 0.676. The van der Waals surface area contributed by atoms with Gasteiger partial charge in [0.1, 0.15) is 0 Å². The Morgan fingerprint density at radius 1 is 1.22 bits per heavy atom. The Balaban J connectivity index is 2.32. The highest BCUT2D eigenvalue weighted by Crippen LogP contribution is 2.20. The third-order valence-electron chi connectivity index (χ3n) is 3.06. The number of halogens is 1. The van der Waals surface area contributed by atoms with E-state index in [2.05, 4.69) is 25.0 Å². The molecule has 2 rings (SSSR count). The van der Waals surface area contributed by atoms with E-state index in [1.807, 2.05) is 22.9 Å². The predicted molar refractivity (Wildman–Crippen MR) is 75.9 cm³/mol. The van der Waals surface area contributed by atoms with E-state index in [1.165, 1.54) is 5.69 Å². The van der Waals surface area contributed by atoms with E-state index >= 15 is 0 Å². The van der Waals surface area contributed by atoms with Gasteiger partial charge in [0.2, 0.25) is 0 Å². The van der Waals surface area contributed by atoms with Crippen molar-refractivity contribution in [2.45, 2.75) is 33.2 Å². The lowest BCUT2D eigenvalue weighted by molar-refractivity contribution is 0.641. The van der Waals surface area contributed by atoms with Crippen LogP contribution in [0.15, 0.2) is 24.3 Å². The van der Waals surface area contributed by atoms with Crippen molar-refractivity contribution in [2.24, 2.45) is 0 Å². The number of nitrogen functional groups attached to an aromatic ring is 1. The molecule has 0 aliphatic rings. The van der Waals surface area contributed by atoms with Crippen molar-refractivity contribution in [3.8, 4) is 0 Å². The van der Waals surface area contributed by atoms with Crippen LogP contribution >= 0.6 is 11.6 Å². The molecule has 0 aliphatic carbocycles. The van der Waals surface area contributed by atoms with Gasteiger partial charge in [-0.2, -0.15) is 5.10 Å². The van der Waals surface area contributed by atoms with Gasteiger partial charge < -0.3 is 5.73 Å². The number of anilines is 1. The summed E-state index contributed by atoms with van der Waals surface area (Å²) in [5, 5.41) is 5.29. The Labute approximate surface area is 113 Å². The molecule has 0 aliphatic heterocycles. The zero-order chi connectivity index (χ0) is 13.1. The zero-order valence-corrected chi connectivity index (χ0v) is 11.5. The molecule has 96 valence electrons. The van der Waals surface area contributed by atoms with Gasteiger partial charge in [-0.1, -0.05) is 25.4 Å². The van der Waals surface area contributed by atoms with Gasteiger partial charge in [0.15, 0.2) is 0 Å². The first-order chi connectivity index (χ1) is 8.63. The summed E-state index contributed by atoms with van der Waals surface area (Å²) in [6, 6.07) is 7.71. The Bertz CT molecular complexity index is 546. The van der Waals surface area contributed by atoms with Gasteiger partial charge in [0, 0.05) is 16.4 Å². The number of hydrogen-bond acceptors (Lipinski definition) is 2. The van der Waals surface area contributed by atoms with Crippen LogP contribution in [-0.4, -0.2) is 9.78 Å². The van der Waals surface area contributed by atoms with Crippen LogP contribution in [0.2, 0.25) is 5.02 Å². The molecule has 3 nitrogen and oxygen atoms in total. The van der Waals surface area contributed by atoms with Gasteiger partial charge in [0.25, 0.3) is 0 Å². The third-order valence-corrected chi connectivity index (χ3v) is 3.30. The Morgan fingerprint density at radius 2 is 2.00 bits per heavy atom. The molecule has 0 spiro atoms. The predicted octanol–water partition coefficient (Wildman–Crippen LogP) is 3.29. The first-order valence-corrected chi connectivity index (χ1v) is 6.61. The number of hydrogen-bond donors (Lipinski definition) is 1. The molecule has 0 atom stereocenters. The van der Waals surface area contributed by atoms with Crippen molar-refractivity contribution in [3.05, 3.63) is 46.2 Å². The molecule has 0 fully saturated rings. The molecule has 0 radical (unpaired) electrons. The lowest BCUT2D eigenvalue weighted by atomic mass is 10.2. The van der Waals surface area contributed by atoms with Gasteiger partial charge in [-0.25, -0.2) is 0 Å². The second kappa shape index (κ2) is 5.44. The molecule has 4 heteroatoms. The first-order valence-electron chi connectivity index (χ1n) is 6.23. The summed E-state index contributed by atoms with van der Waals surface area (Å²) in [6.45, 7) is 4.92. The number of aryl methyl sites for hydroxylation is 2. The van der Waals surface area contributed by atoms with E-state index in [-0.39, 0.29) is 0 Å². The van der Waals surface area contributed by atoms with Gasteiger partial charge in [-0.15, -0.1) is 0 Å². The number of nitrogens with zero attached hydrogens (tertiary/aromatic N) is 2. The topological polar surface area (TPSA) is 43.8 Å². The molecule has 18 heavy (non-hydrogen) atoms. The maximum absolute atomic E-state index is 6.00. The van der Waals surface area contributed by atoms with E-state index in [1.54, 1.807) is 0 Å². The van der Waals surface area contributed by atoms with Gasteiger partial charge in [0.05, 0.1) is 12.2 Å². The highest BCUT2D eigenvalue weighted by molar-refractivity contribution is 6.30. The van der Waals surface area contributed by atoms with Crippen LogP contribution in [0.5, 0.6) is 0 Å². The number of nitrogens with two attached hydrogens (primary N) is 1. The molecule has 0 saturated carbocycles. The fourth-order valence-electron chi connectivity index (χ4n) is 1.98. The molecular weight excluding hydrogens is 246 g/mol. The maximum atomic E-state index is 6.00. The van der Waals surface area contributed by atoms with Gasteiger partial charge >= 0.3 is 0 Å². The molecule has 0 saturated heterocycles. The van der Waals surface area contributed by atoms with Crippen LogP contribution in [0.3, 0.4) is 0 Å². The Kier molecular flexibility index (Phi) is 3.92. The number of aromatic nitrogens is 2. The highest BCUT2D eigenvalue weighted by Gasteiger charge is 2.08. The van der Waals surface area contributed by atoms with E-state index in [0.29, 0.717) is 11.6 Å². The number of benzene rings is 1.